The van der Waals surface area contributed by atoms with Gasteiger partial charge in [0.2, 0.25) is 0 Å². The molecule has 62 valence electrons. The van der Waals surface area contributed by atoms with Crippen molar-refractivity contribution >= 4 is 49.7 Å². The molecular weight excluding hydrogens is 261 g/mol. The van der Waals surface area contributed by atoms with Crippen LogP contribution in [0.4, 0.5) is 4.39 Å². The summed E-state index contributed by atoms with van der Waals surface area (Å²) in [6, 6.07) is 3.16. The van der Waals surface area contributed by atoms with Gasteiger partial charge < -0.3 is 4.98 Å². The van der Waals surface area contributed by atoms with Gasteiger partial charge in [0, 0.05) is 0 Å². The third-order valence-corrected chi connectivity index (χ3v) is 3.27. The molecule has 12 heavy (non-hydrogen) atoms. The number of halogens is 2. The zero-order valence-corrected chi connectivity index (χ0v) is 8.95. The average molecular weight is 264 g/mol. The van der Waals surface area contributed by atoms with E-state index in [1.54, 1.807) is 6.07 Å². The Balaban J connectivity index is 2.92. The van der Waals surface area contributed by atoms with E-state index in [1.165, 1.54) is 17.4 Å². The first kappa shape index (κ1) is 8.34. The molecule has 1 N–H and O–H groups in total. The Labute approximate surface area is 85.4 Å². The van der Waals surface area contributed by atoms with Crippen LogP contribution in [0.25, 0.3) is 10.2 Å². The molecule has 1 aromatic heterocycles. The van der Waals surface area contributed by atoms with E-state index in [1.807, 2.05) is 0 Å². The first-order valence-electron chi connectivity index (χ1n) is 3.15. The predicted molar refractivity (Wildman–Crippen MR) is 54.7 cm³/mol. The summed E-state index contributed by atoms with van der Waals surface area (Å²) < 4.78 is 14.9. The van der Waals surface area contributed by atoms with Crippen LogP contribution in [0.3, 0.4) is 0 Å². The fraction of sp³-hybridized carbons (Fsp3) is 0. The summed E-state index contributed by atoms with van der Waals surface area (Å²) in [6.45, 7) is 0. The van der Waals surface area contributed by atoms with Crippen molar-refractivity contribution in [1.29, 1.82) is 0 Å². The number of aromatic amines is 1. The Kier molecular flexibility index (Phi) is 2.02. The largest absolute Gasteiger partial charge is 0.337 e. The molecule has 0 radical (unpaired) electrons. The van der Waals surface area contributed by atoms with Gasteiger partial charge in [0.15, 0.2) is 3.95 Å². The van der Waals surface area contributed by atoms with Gasteiger partial charge in [-0.1, -0.05) is 0 Å². The fourth-order valence-electron chi connectivity index (χ4n) is 0.946. The van der Waals surface area contributed by atoms with E-state index in [0.29, 0.717) is 8.43 Å². The van der Waals surface area contributed by atoms with Crippen molar-refractivity contribution in [1.82, 2.24) is 4.98 Å². The van der Waals surface area contributed by atoms with Crippen LogP contribution in [0.5, 0.6) is 0 Å². The van der Waals surface area contributed by atoms with Gasteiger partial charge in [-0.2, -0.15) is 0 Å². The molecule has 2 rings (SSSR count). The number of H-pyrrole nitrogens is 1. The Bertz CT molecular complexity index is 446. The lowest BCUT2D eigenvalue weighted by atomic mass is 10.3. The topological polar surface area (TPSA) is 15.8 Å². The van der Waals surface area contributed by atoms with Gasteiger partial charge in [-0.05, 0) is 40.3 Å². The zero-order chi connectivity index (χ0) is 8.72. The van der Waals surface area contributed by atoms with E-state index in [2.05, 4.69) is 20.9 Å². The summed E-state index contributed by atoms with van der Waals surface area (Å²) in [6.07, 6.45) is 0. The van der Waals surface area contributed by atoms with Gasteiger partial charge in [0.05, 0.1) is 14.7 Å². The summed E-state index contributed by atoms with van der Waals surface area (Å²) >= 11 is 9.40. The van der Waals surface area contributed by atoms with Crippen molar-refractivity contribution in [3.63, 3.8) is 0 Å². The second-order valence-electron chi connectivity index (χ2n) is 2.28. The molecule has 0 bridgehead atoms. The maximum Gasteiger partial charge on any atom is 0.159 e. The Morgan fingerprint density at radius 2 is 2.25 bits per heavy atom. The minimum absolute atomic E-state index is 0.257. The maximum atomic E-state index is 13.0. The molecule has 0 atom stereocenters. The zero-order valence-electron chi connectivity index (χ0n) is 5.73. The molecule has 0 aliphatic rings. The highest BCUT2D eigenvalue weighted by Crippen LogP contribution is 2.25. The molecule has 0 amide bonds. The number of hydrogen-bond donors (Lipinski definition) is 1. The highest BCUT2D eigenvalue weighted by molar-refractivity contribution is 9.10. The number of benzene rings is 1. The molecule has 0 saturated carbocycles. The number of thiazole rings is 1. The first-order chi connectivity index (χ1) is 5.66. The Hall–Kier alpha value is -0.260. The summed E-state index contributed by atoms with van der Waals surface area (Å²) in [7, 11) is 0. The van der Waals surface area contributed by atoms with Gasteiger partial charge in [0.1, 0.15) is 5.82 Å². The average Bonchev–Trinajstić information content (AvgIpc) is 2.30. The Morgan fingerprint density at radius 1 is 1.50 bits per heavy atom. The summed E-state index contributed by atoms with van der Waals surface area (Å²) in [5.74, 6) is -0.257. The standard InChI is InChI=1S/C7H3BrFNS2/c8-3-1-5-6(2-4(3)9)12-7(11)10-5/h1-2H,(H,10,11). The number of nitrogens with one attached hydrogen (secondary N) is 1. The van der Waals surface area contributed by atoms with Crippen LogP contribution in [0.1, 0.15) is 0 Å². The number of rotatable bonds is 0. The highest BCUT2D eigenvalue weighted by atomic mass is 79.9. The van der Waals surface area contributed by atoms with Crippen LogP contribution in [0.15, 0.2) is 16.6 Å². The van der Waals surface area contributed by atoms with Crippen LogP contribution in [0.2, 0.25) is 0 Å². The van der Waals surface area contributed by atoms with Gasteiger partial charge in [-0.25, -0.2) is 4.39 Å². The monoisotopic (exact) mass is 263 g/mol. The molecule has 1 aromatic carbocycles. The van der Waals surface area contributed by atoms with Crippen molar-refractivity contribution in [2.24, 2.45) is 0 Å². The number of fused-ring (bicyclic) bond motifs is 1. The van der Waals surface area contributed by atoms with Crippen molar-refractivity contribution in [3.05, 3.63) is 26.4 Å². The molecule has 0 spiro atoms. The molecule has 0 unspecified atom stereocenters. The molecule has 0 aliphatic heterocycles. The highest BCUT2D eigenvalue weighted by Gasteiger charge is 2.03. The third-order valence-electron chi connectivity index (χ3n) is 1.46. The van der Waals surface area contributed by atoms with Crippen molar-refractivity contribution in [3.8, 4) is 0 Å². The van der Waals surface area contributed by atoms with E-state index in [0.717, 1.165) is 10.2 Å². The lowest BCUT2D eigenvalue weighted by Crippen LogP contribution is -1.75. The molecule has 1 heterocycles. The smallest absolute Gasteiger partial charge is 0.159 e. The second kappa shape index (κ2) is 2.90. The molecular formula is C7H3BrFNS2. The van der Waals surface area contributed by atoms with E-state index in [-0.39, 0.29) is 5.82 Å². The van der Waals surface area contributed by atoms with Crippen LogP contribution in [-0.2, 0) is 0 Å². The fourth-order valence-corrected chi connectivity index (χ4v) is 2.41. The van der Waals surface area contributed by atoms with Crippen molar-refractivity contribution < 1.29 is 4.39 Å². The van der Waals surface area contributed by atoms with Crippen LogP contribution < -0.4 is 0 Å². The van der Waals surface area contributed by atoms with Gasteiger partial charge in [0.25, 0.3) is 0 Å². The van der Waals surface area contributed by atoms with Crippen LogP contribution >= 0.6 is 39.5 Å². The minimum Gasteiger partial charge on any atom is -0.337 e. The predicted octanol–water partition coefficient (Wildman–Crippen LogP) is 3.86. The molecule has 0 aliphatic carbocycles. The number of hydrogen-bond acceptors (Lipinski definition) is 2. The van der Waals surface area contributed by atoms with E-state index < -0.39 is 0 Å². The normalized spacial score (nSPS) is 10.8. The lowest BCUT2D eigenvalue weighted by Gasteiger charge is -1.92. The van der Waals surface area contributed by atoms with E-state index >= 15 is 0 Å². The minimum atomic E-state index is -0.257. The first-order valence-corrected chi connectivity index (χ1v) is 5.16. The Morgan fingerprint density at radius 3 is 3.00 bits per heavy atom. The van der Waals surface area contributed by atoms with Gasteiger partial charge in [-0.15, -0.1) is 11.3 Å². The quantitative estimate of drug-likeness (QED) is 0.714. The SMILES string of the molecule is Fc1cc2sc(=S)[nH]c2cc1Br. The second-order valence-corrected chi connectivity index (χ2v) is 4.85. The number of aromatic nitrogens is 1. The maximum absolute atomic E-state index is 13.0. The van der Waals surface area contributed by atoms with Crippen molar-refractivity contribution in [2.45, 2.75) is 0 Å². The van der Waals surface area contributed by atoms with E-state index in [9.17, 15) is 4.39 Å². The summed E-state index contributed by atoms with van der Waals surface area (Å²) in [5.41, 5.74) is 0.873. The lowest BCUT2D eigenvalue weighted by molar-refractivity contribution is 0.623. The molecule has 1 nitrogen and oxygen atoms in total. The molecule has 0 saturated heterocycles. The third kappa shape index (κ3) is 1.32. The molecule has 5 heteroatoms. The van der Waals surface area contributed by atoms with Crippen molar-refractivity contribution in [2.75, 3.05) is 0 Å². The van der Waals surface area contributed by atoms with Crippen LogP contribution in [-0.4, -0.2) is 4.98 Å². The van der Waals surface area contributed by atoms with Gasteiger partial charge in [-0.3, -0.25) is 0 Å². The van der Waals surface area contributed by atoms with Crippen LogP contribution in [0, 0.1) is 9.77 Å². The summed E-state index contributed by atoms with van der Waals surface area (Å²) in [5, 5.41) is 0. The molecule has 0 fully saturated rings. The summed E-state index contributed by atoms with van der Waals surface area (Å²) in [4.78, 5) is 2.96. The van der Waals surface area contributed by atoms with E-state index in [4.69, 9.17) is 12.2 Å². The van der Waals surface area contributed by atoms with Gasteiger partial charge >= 0.3 is 0 Å². The molecule has 2 aromatic rings.